The second-order valence-corrected chi connectivity index (χ2v) is 4.65. The van der Waals surface area contributed by atoms with Crippen LogP contribution in [0.5, 0.6) is 0 Å². The van der Waals surface area contributed by atoms with Gasteiger partial charge in [0.1, 0.15) is 0 Å². The maximum absolute atomic E-state index is 11.2. The summed E-state index contributed by atoms with van der Waals surface area (Å²) in [5.74, 6) is -0.138. The van der Waals surface area contributed by atoms with Gasteiger partial charge in [0.25, 0.3) is 0 Å². The third kappa shape index (κ3) is 2.52. The quantitative estimate of drug-likeness (QED) is 0.477. The first-order valence-corrected chi connectivity index (χ1v) is 6.00. The molecule has 0 radical (unpaired) electrons. The lowest BCUT2D eigenvalue weighted by molar-refractivity contribution is -0.137. The Morgan fingerprint density at radius 1 is 1.59 bits per heavy atom. The van der Waals surface area contributed by atoms with Gasteiger partial charge >= 0.3 is 5.97 Å². The van der Waals surface area contributed by atoms with Gasteiger partial charge in [-0.1, -0.05) is 0 Å². The highest BCUT2D eigenvalue weighted by atomic mass is 32.2. The largest absolute Gasteiger partial charge is 0.468 e. The normalized spacial score (nSPS) is 13.1. The number of fused-ring (bicyclic) bond motifs is 1. The van der Waals surface area contributed by atoms with Gasteiger partial charge in [0.15, 0.2) is 0 Å². The molecule has 0 aromatic heterocycles. The van der Waals surface area contributed by atoms with E-state index >= 15 is 0 Å². The number of ether oxygens (including phenoxy) is 1. The van der Waals surface area contributed by atoms with Gasteiger partial charge in [-0.15, -0.1) is 11.8 Å². The summed E-state index contributed by atoms with van der Waals surface area (Å²) >= 11 is 1.30. The van der Waals surface area contributed by atoms with Crippen LogP contribution in [-0.2, 0) is 20.7 Å². The molecule has 1 heterocycles. The highest BCUT2D eigenvalue weighted by Crippen LogP contribution is 2.33. The van der Waals surface area contributed by atoms with E-state index in [9.17, 15) is 9.59 Å². The zero-order chi connectivity index (χ0) is 12.4. The lowest BCUT2D eigenvalue weighted by atomic mass is 10.1. The van der Waals surface area contributed by atoms with E-state index in [1.54, 1.807) is 12.1 Å². The predicted octanol–water partition coefficient (Wildman–Crippen LogP) is 1.03. The molecular weight excluding hydrogens is 240 g/mol. The predicted molar refractivity (Wildman–Crippen MR) is 65.9 cm³/mol. The third-order valence-corrected chi connectivity index (χ3v) is 3.48. The smallest absolute Gasteiger partial charge is 0.315 e. The Hall–Kier alpha value is -1.69. The minimum atomic E-state index is -0.307. The van der Waals surface area contributed by atoms with Crippen molar-refractivity contribution >= 4 is 35.0 Å². The van der Waals surface area contributed by atoms with Crippen LogP contribution in [-0.4, -0.2) is 24.7 Å². The number of nitrogens with one attached hydrogen (secondary N) is 1. The summed E-state index contributed by atoms with van der Waals surface area (Å²) < 4.78 is 4.55. The van der Waals surface area contributed by atoms with Crippen molar-refractivity contribution in [2.75, 3.05) is 23.9 Å². The Morgan fingerprint density at radius 2 is 2.35 bits per heavy atom. The minimum Gasteiger partial charge on any atom is -0.468 e. The van der Waals surface area contributed by atoms with E-state index in [1.807, 2.05) is 0 Å². The van der Waals surface area contributed by atoms with Gasteiger partial charge in [-0.25, -0.2) is 0 Å². The van der Waals surface area contributed by atoms with E-state index < -0.39 is 0 Å². The highest BCUT2D eigenvalue weighted by Gasteiger charge is 2.19. The van der Waals surface area contributed by atoms with Crippen LogP contribution in [0.4, 0.5) is 11.4 Å². The number of nitrogen functional groups attached to an aromatic ring is 1. The number of amides is 1. The van der Waals surface area contributed by atoms with Crippen molar-refractivity contribution < 1.29 is 14.3 Å². The SMILES string of the molecule is COC(=O)CSc1cc2c(cc1N)CC(=O)N2. The molecule has 90 valence electrons. The first-order valence-electron chi connectivity index (χ1n) is 5.02. The molecule has 0 atom stereocenters. The Morgan fingerprint density at radius 3 is 3.06 bits per heavy atom. The van der Waals surface area contributed by atoms with Gasteiger partial charge in [-0.3, -0.25) is 9.59 Å². The first-order chi connectivity index (χ1) is 8.10. The number of rotatable bonds is 3. The van der Waals surface area contributed by atoms with Crippen LogP contribution >= 0.6 is 11.8 Å². The van der Waals surface area contributed by atoms with Gasteiger partial charge in [0.2, 0.25) is 5.91 Å². The molecule has 2 rings (SSSR count). The molecule has 1 amide bonds. The van der Waals surface area contributed by atoms with Crippen molar-refractivity contribution in [3.8, 4) is 0 Å². The number of benzene rings is 1. The average Bonchev–Trinajstić information content (AvgIpc) is 2.64. The fourth-order valence-electron chi connectivity index (χ4n) is 1.59. The standard InChI is InChI=1S/C11H12N2O3S/c1-16-11(15)5-17-9-4-8-6(2-7(9)12)3-10(14)13-8/h2,4H,3,5,12H2,1H3,(H,13,14). The van der Waals surface area contributed by atoms with Crippen LogP contribution in [0.1, 0.15) is 5.56 Å². The summed E-state index contributed by atoms with van der Waals surface area (Å²) in [4.78, 5) is 23.0. The summed E-state index contributed by atoms with van der Waals surface area (Å²) in [6.07, 6.45) is 0.363. The fraction of sp³-hybridized carbons (Fsp3) is 0.273. The molecule has 0 spiro atoms. The van der Waals surface area contributed by atoms with Crippen molar-refractivity contribution in [2.24, 2.45) is 0 Å². The van der Waals surface area contributed by atoms with E-state index in [0.717, 1.165) is 16.1 Å². The molecule has 6 heteroatoms. The van der Waals surface area contributed by atoms with Crippen molar-refractivity contribution in [1.82, 2.24) is 0 Å². The molecular formula is C11H12N2O3S. The molecule has 0 saturated carbocycles. The van der Waals surface area contributed by atoms with Gasteiger partial charge in [0.05, 0.1) is 19.3 Å². The van der Waals surface area contributed by atoms with Crippen LogP contribution < -0.4 is 11.1 Å². The van der Waals surface area contributed by atoms with E-state index in [-0.39, 0.29) is 17.6 Å². The summed E-state index contributed by atoms with van der Waals surface area (Å²) in [6.45, 7) is 0. The zero-order valence-electron chi connectivity index (χ0n) is 9.28. The number of thioether (sulfide) groups is 1. The molecule has 3 N–H and O–H groups in total. The molecule has 0 fully saturated rings. The number of hydrogen-bond acceptors (Lipinski definition) is 5. The lowest BCUT2D eigenvalue weighted by Gasteiger charge is -2.07. The van der Waals surface area contributed by atoms with Crippen molar-refractivity contribution in [1.29, 1.82) is 0 Å². The number of carbonyl (C=O) groups excluding carboxylic acids is 2. The van der Waals surface area contributed by atoms with Crippen molar-refractivity contribution in [2.45, 2.75) is 11.3 Å². The Balaban J connectivity index is 2.16. The number of anilines is 2. The molecule has 0 aliphatic carbocycles. The van der Waals surface area contributed by atoms with Crippen molar-refractivity contribution in [3.63, 3.8) is 0 Å². The van der Waals surface area contributed by atoms with Gasteiger partial charge in [-0.05, 0) is 17.7 Å². The summed E-state index contributed by atoms with van der Waals surface area (Å²) in [6, 6.07) is 3.57. The number of methoxy groups -OCH3 is 1. The molecule has 1 aromatic rings. The van der Waals surface area contributed by atoms with Gasteiger partial charge in [0, 0.05) is 16.3 Å². The molecule has 0 unspecified atom stereocenters. The number of esters is 1. The maximum Gasteiger partial charge on any atom is 0.315 e. The van der Waals surface area contributed by atoms with Crippen molar-refractivity contribution in [3.05, 3.63) is 17.7 Å². The average molecular weight is 252 g/mol. The second-order valence-electron chi connectivity index (χ2n) is 3.64. The molecule has 5 nitrogen and oxygen atoms in total. The first kappa shape index (κ1) is 11.8. The number of hydrogen-bond donors (Lipinski definition) is 2. The molecule has 1 aromatic carbocycles. The van der Waals surface area contributed by atoms with Gasteiger partial charge < -0.3 is 15.8 Å². The van der Waals surface area contributed by atoms with Crippen LogP contribution in [0.2, 0.25) is 0 Å². The molecule has 0 bridgehead atoms. The Labute approximate surface area is 103 Å². The summed E-state index contributed by atoms with van der Waals surface area (Å²) in [5, 5.41) is 2.74. The Kier molecular flexibility index (Phi) is 3.23. The minimum absolute atomic E-state index is 0.0329. The summed E-state index contributed by atoms with van der Waals surface area (Å²) in [5.41, 5.74) is 8.11. The van der Waals surface area contributed by atoms with E-state index in [2.05, 4.69) is 10.1 Å². The molecule has 1 aliphatic rings. The number of carbonyl (C=O) groups is 2. The molecule has 17 heavy (non-hydrogen) atoms. The topological polar surface area (TPSA) is 81.4 Å². The maximum atomic E-state index is 11.2. The van der Waals surface area contributed by atoms with Crippen LogP contribution in [0, 0.1) is 0 Å². The van der Waals surface area contributed by atoms with E-state index in [0.29, 0.717) is 12.1 Å². The zero-order valence-corrected chi connectivity index (χ0v) is 10.1. The second kappa shape index (κ2) is 4.67. The van der Waals surface area contributed by atoms with Crippen LogP contribution in [0.15, 0.2) is 17.0 Å². The van der Waals surface area contributed by atoms with E-state index in [4.69, 9.17) is 5.73 Å². The van der Waals surface area contributed by atoms with Gasteiger partial charge in [-0.2, -0.15) is 0 Å². The fourth-order valence-corrected chi connectivity index (χ4v) is 2.41. The van der Waals surface area contributed by atoms with Crippen LogP contribution in [0.25, 0.3) is 0 Å². The number of nitrogens with two attached hydrogens (primary N) is 1. The molecule has 0 saturated heterocycles. The monoisotopic (exact) mass is 252 g/mol. The highest BCUT2D eigenvalue weighted by molar-refractivity contribution is 8.00. The third-order valence-electron chi connectivity index (χ3n) is 2.43. The lowest BCUT2D eigenvalue weighted by Crippen LogP contribution is -2.04. The Bertz CT molecular complexity index is 488. The molecule has 1 aliphatic heterocycles. The van der Waals surface area contributed by atoms with E-state index in [1.165, 1.54) is 18.9 Å². The van der Waals surface area contributed by atoms with Crippen LogP contribution in [0.3, 0.4) is 0 Å². The summed E-state index contributed by atoms with van der Waals surface area (Å²) in [7, 11) is 1.34.